The Kier molecular flexibility index (Phi) is 4.01. The van der Waals surface area contributed by atoms with Crippen molar-refractivity contribution in [3.63, 3.8) is 0 Å². The van der Waals surface area contributed by atoms with E-state index in [1.54, 1.807) is 6.07 Å². The summed E-state index contributed by atoms with van der Waals surface area (Å²) in [6.45, 7) is 0. The molecule has 15 heavy (non-hydrogen) atoms. The highest BCUT2D eigenvalue weighted by Crippen LogP contribution is 2.21. The zero-order valence-electron chi connectivity index (χ0n) is 7.95. The minimum Gasteiger partial charge on any atom is -0.465 e. The van der Waals surface area contributed by atoms with Crippen LogP contribution in [0.25, 0.3) is 0 Å². The van der Waals surface area contributed by atoms with Gasteiger partial charge in [-0.05, 0) is 17.7 Å². The zero-order valence-corrected chi connectivity index (χ0v) is 9.60. The molecule has 0 N–H and O–H groups in total. The van der Waals surface area contributed by atoms with Crippen molar-refractivity contribution in [3.05, 3.63) is 28.8 Å². The third-order valence-electron chi connectivity index (χ3n) is 1.89. The monoisotopic (exact) mass is 241 g/mol. The Morgan fingerprint density at radius 1 is 1.67 bits per heavy atom. The van der Waals surface area contributed by atoms with Gasteiger partial charge >= 0.3 is 5.97 Å². The first-order chi connectivity index (χ1) is 7.13. The Bertz CT molecular complexity index is 440. The van der Waals surface area contributed by atoms with Gasteiger partial charge in [-0.25, -0.2) is 4.79 Å². The van der Waals surface area contributed by atoms with Gasteiger partial charge in [0.05, 0.1) is 18.2 Å². The molecule has 0 aromatic heterocycles. The van der Waals surface area contributed by atoms with E-state index in [0.29, 0.717) is 21.6 Å². The molecule has 0 aliphatic heterocycles. The number of hydrogen-bond acceptors (Lipinski definition) is 4. The number of nitriles is 1. The molecule has 78 valence electrons. The number of carbonyl (C=O) groups excluding carboxylic acids is 1. The van der Waals surface area contributed by atoms with Crippen LogP contribution in [0.4, 0.5) is 0 Å². The average molecular weight is 242 g/mol. The number of methoxy groups -OCH3 is 1. The molecular formula is C10H8ClNO2S. The van der Waals surface area contributed by atoms with Crippen LogP contribution in [-0.2, 0) is 10.6 Å². The van der Waals surface area contributed by atoms with Crippen LogP contribution < -0.4 is 0 Å². The fraction of sp³-hybridized carbons (Fsp3) is 0.200. The first kappa shape index (κ1) is 11.9. The maximum Gasteiger partial charge on any atom is 0.338 e. The smallest absolute Gasteiger partial charge is 0.338 e. The van der Waals surface area contributed by atoms with Crippen molar-refractivity contribution in [2.75, 3.05) is 7.11 Å². The minimum atomic E-state index is -0.481. The normalized spacial score (nSPS) is 9.47. The van der Waals surface area contributed by atoms with Crippen LogP contribution in [0.2, 0.25) is 0 Å². The van der Waals surface area contributed by atoms with Gasteiger partial charge in [-0.2, -0.15) is 5.26 Å². The van der Waals surface area contributed by atoms with Crippen LogP contribution in [0.5, 0.6) is 0 Å². The van der Waals surface area contributed by atoms with Crippen LogP contribution in [0.3, 0.4) is 0 Å². The number of thiol groups is 1. The van der Waals surface area contributed by atoms with Crippen LogP contribution in [0.15, 0.2) is 17.0 Å². The second-order valence-electron chi connectivity index (χ2n) is 2.76. The van der Waals surface area contributed by atoms with E-state index in [1.165, 1.54) is 13.2 Å². The van der Waals surface area contributed by atoms with Crippen LogP contribution in [0, 0.1) is 11.3 Å². The molecule has 0 aliphatic carbocycles. The summed E-state index contributed by atoms with van der Waals surface area (Å²) in [7, 11) is 1.29. The van der Waals surface area contributed by atoms with Crippen LogP contribution >= 0.6 is 24.2 Å². The van der Waals surface area contributed by atoms with Gasteiger partial charge in [0.1, 0.15) is 6.07 Å². The number of alkyl halides is 1. The highest BCUT2D eigenvalue weighted by atomic mass is 35.5. The number of ether oxygens (including phenoxy) is 1. The molecule has 0 fully saturated rings. The number of hydrogen-bond donors (Lipinski definition) is 1. The summed E-state index contributed by atoms with van der Waals surface area (Å²) in [5, 5.41) is 8.77. The number of nitrogens with zero attached hydrogens (tertiary/aromatic N) is 1. The lowest BCUT2D eigenvalue weighted by Crippen LogP contribution is -2.05. The molecule has 0 radical (unpaired) electrons. The van der Waals surface area contributed by atoms with Gasteiger partial charge < -0.3 is 4.74 Å². The molecule has 0 aliphatic rings. The Morgan fingerprint density at radius 3 is 2.80 bits per heavy atom. The average Bonchev–Trinajstić information content (AvgIpc) is 2.27. The van der Waals surface area contributed by atoms with E-state index in [0.717, 1.165) is 0 Å². The quantitative estimate of drug-likeness (QED) is 0.491. The molecule has 1 rings (SSSR count). The van der Waals surface area contributed by atoms with Gasteiger partial charge in [0.2, 0.25) is 0 Å². The van der Waals surface area contributed by atoms with Crippen molar-refractivity contribution in [2.24, 2.45) is 0 Å². The van der Waals surface area contributed by atoms with E-state index < -0.39 is 5.97 Å². The van der Waals surface area contributed by atoms with Gasteiger partial charge in [0.15, 0.2) is 0 Å². The van der Waals surface area contributed by atoms with Crippen molar-refractivity contribution in [3.8, 4) is 6.07 Å². The lowest BCUT2D eigenvalue weighted by atomic mass is 10.1. The Labute approximate surface area is 98.0 Å². The van der Waals surface area contributed by atoms with Gasteiger partial charge in [-0.15, -0.1) is 24.2 Å². The van der Waals surface area contributed by atoms with E-state index in [2.05, 4.69) is 17.4 Å². The molecule has 3 nitrogen and oxygen atoms in total. The molecule has 0 atom stereocenters. The van der Waals surface area contributed by atoms with Crippen LogP contribution in [0.1, 0.15) is 21.5 Å². The first-order valence-corrected chi connectivity index (χ1v) is 5.02. The van der Waals surface area contributed by atoms with Gasteiger partial charge in [-0.3, -0.25) is 0 Å². The summed E-state index contributed by atoms with van der Waals surface area (Å²) in [5.41, 5.74) is 1.30. The van der Waals surface area contributed by atoms with E-state index in [4.69, 9.17) is 16.9 Å². The third kappa shape index (κ3) is 2.44. The molecule has 0 saturated carbocycles. The van der Waals surface area contributed by atoms with E-state index in [9.17, 15) is 4.79 Å². The van der Waals surface area contributed by atoms with E-state index in [1.807, 2.05) is 6.07 Å². The summed E-state index contributed by atoms with van der Waals surface area (Å²) in [6.07, 6.45) is 0. The molecule has 0 heterocycles. The Hall–Kier alpha value is -1.18. The molecule has 0 unspecified atom stereocenters. The van der Waals surface area contributed by atoms with Gasteiger partial charge in [-0.1, -0.05) is 0 Å². The van der Waals surface area contributed by atoms with Crippen molar-refractivity contribution in [2.45, 2.75) is 10.8 Å². The minimum absolute atomic E-state index is 0.146. The zero-order chi connectivity index (χ0) is 11.4. The predicted molar refractivity (Wildman–Crippen MR) is 59.3 cm³/mol. The molecule has 0 spiro atoms. The molecule has 0 amide bonds. The third-order valence-corrected chi connectivity index (χ3v) is 2.55. The maximum absolute atomic E-state index is 11.3. The molecule has 5 heteroatoms. The van der Waals surface area contributed by atoms with Crippen molar-refractivity contribution < 1.29 is 9.53 Å². The number of carbonyl (C=O) groups is 1. The van der Waals surface area contributed by atoms with Crippen molar-refractivity contribution in [1.82, 2.24) is 0 Å². The second-order valence-corrected chi connectivity index (χ2v) is 3.51. The first-order valence-electron chi connectivity index (χ1n) is 4.04. The summed E-state index contributed by atoms with van der Waals surface area (Å²) in [4.78, 5) is 11.8. The fourth-order valence-corrected chi connectivity index (χ4v) is 1.60. The summed E-state index contributed by atoms with van der Waals surface area (Å²) >= 11 is 9.77. The second kappa shape index (κ2) is 5.06. The van der Waals surface area contributed by atoms with E-state index in [-0.39, 0.29) is 5.88 Å². The number of halogens is 1. The predicted octanol–water partition coefficient (Wildman–Crippen LogP) is 2.37. The topological polar surface area (TPSA) is 50.1 Å². The lowest BCUT2D eigenvalue weighted by molar-refractivity contribution is 0.0599. The maximum atomic E-state index is 11.3. The van der Waals surface area contributed by atoms with Crippen molar-refractivity contribution >= 4 is 30.2 Å². The van der Waals surface area contributed by atoms with Gasteiger partial charge in [0, 0.05) is 10.8 Å². The molecule has 0 saturated heterocycles. The van der Waals surface area contributed by atoms with Crippen LogP contribution in [-0.4, -0.2) is 13.1 Å². The summed E-state index contributed by atoms with van der Waals surface area (Å²) in [5.74, 6) is -0.335. The standard InChI is InChI=1S/C10H8ClNO2S/c1-14-10(13)8-3-9(15)7(5-12)2-6(8)4-11/h2-3,15H,4H2,1H3. The largest absolute Gasteiger partial charge is 0.465 e. The number of benzene rings is 1. The SMILES string of the molecule is COC(=O)c1cc(S)c(C#N)cc1CCl. The number of esters is 1. The Morgan fingerprint density at radius 2 is 2.33 bits per heavy atom. The highest BCUT2D eigenvalue weighted by Gasteiger charge is 2.14. The highest BCUT2D eigenvalue weighted by molar-refractivity contribution is 7.80. The number of rotatable bonds is 2. The molecule has 1 aromatic carbocycles. The summed E-state index contributed by atoms with van der Waals surface area (Å²) < 4.78 is 4.59. The van der Waals surface area contributed by atoms with E-state index >= 15 is 0 Å². The Balaban J connectivity index is 3.35. The van der Waals surface area contributed by atoms with Gasteiger partial charge in [0.25, 0.3) is 0 Å². The van der Waals surface area contributed by atoms with Crippen molar-refractivity contribution in [1.29, 1.82) is 5.26 Å². The molecular weight excluding hydrogens is 234 g/mol. The molecule has 0 bridgehead atoms. The summed E-state index contributed by atoms with van der Waals surface area (Å²) in [6, 6.07) is 5.00. The fourth-order valence-electron chi connectivity index (χ4n) is 1.13. The molecule has 1 aromatic rings. The lowest BCUT2D eigenvalue weighted by Gasteiger charge is -2.07.